The Hall–Kier alpha value is -0.870. The normalized spacial score (nSPS) is 11.4. The Labute approximate surface area is 118 Å². The first-order valence-corrected chi connectivity index (χ1v) is 7.71. The van der Waals surface area contributed by atoms with Gasteiger partial charge in [0.05, 0.1) is 0 Å². The lowest BCUT2D eigenvalue weighted by Gasteiger charge is -2.11. The van der Waals surface area contributed by atoms with Gasteiger partial charge in [-0.05, 0) is 36.1 Å². The first-order chi connectivity index (χ1) is 8.76. The number of hydrogen-bond donors (Lipinski definition) is 2. The highest BCUT2D eigenvalue weighted by Gasteiger charge is 1.97. The minimum absolute atomic E-state index is 0.749. The van der Waals surface area contributed by atoms with E-state index in [1.165, 1.54) is 11.3 Å². The second-order valence-electron chi connectivity index (χ2n) is 3.83. The topological polar surface area (TPSA) is 36.4 Å². The fourth-order valence-electron chi connectivity index (χ4n) is 1.43. The van der Waals surface area contributed by atoms with Crippen molar-refractivity contribution < 1.29 is 0 Å². The lowest BCUT2D eigenvalue weighted by molar-refractivity contribution is 0.786. The lowest BCUT2D eigenvalue weighted by Crippen LogP contribution is -2.37. The quantitative estimate of drug-likeness (QED) is 0.479. The first kappa shape index (κ1) is 15.2. The Morgan fingerprint density at radius 2 is 2.00 bits per heavy atom. The largest absolute Gasteiger partial charge is 0.356 e. The van der Waals surface area contributed by atoms with E-state index in [4.69, 9.17) is 11.6 Å². The summed E-state index contributed by atoms with van der Waals surface area (Å²) in [4.78, 5) is 4.18. The van der Waals surface area contributed by atoms with Gasteiger partial charge in [0.15, 0.2) is 5.96 Å². The molecule has 0 radical (unpaired) electrons. The molecule has 1 aromatic carbocycles. The summed E-state index contributed by atoms with van der Waals surface area (Å²) in [6.07, 6.45) is 3.26. The van der Waals surface area contributed by atoms with Crippen molar-refractivity contribution in [3.05, 3.63) is 34.9 Å². The molecule has 0 atom stereocenters. The van der Waals surface area contributed by atoms with Crippen LogP contribution in [0.3, 0.4) is 0 Å². The van der Waals surface area contributed by atoms with Crippen LogP contribution >= 0.6 is 23.4 Å². The van der Waals surface area contributed by atoms with Crippen LogP contribution in [0.4, 0.5) is 0 Å². The van der Waals surface area contributed by atoms with Gasteiger partial charge in [0.2, 0.25) is 0 Å². The number of nitrogens with one attached hydrogen (secondary N) is 2. The van der Waals surface area contributed by atoms with E-state index in [1.54, 1.807) is 7.05 Å². The van der Waals surface area contributed by atoms with Gasteiger partial charge in [0.25, 0.3) is 0 Å². The van der Waals surface area contributed by atoms with E-state index in [2.05, 4.69) is 21.9 Å². The Balaban J connectivity index is 2.29. The van der Waals surface area contributed by atoms with Crippen LogP contribution in [-0.4, -0.2) is 31.6 Å². The van der Waals surface area contributed by atoms with Crippen molar-refractivity contribution in [3.8, 4) is 0 Å². The van der Waals surface area contributed by atoms with Crippen LogP contribution in [0.25, 0.3) is 0 Å². The highest BCUT2D eigenvalue weighted by Crippen LogP contribution is 2.08. The Morgan fingerprint density at radius 3 is 2.61 bits per heavy atom. The van der Waals surface area contributed by atoms with E-state index in [9.17, 15) is 0 Å². The Bertz CT molecular complexity index is 365. The van der Waals surface area contributed by atoms with Gasteiger partial charge in [-0.3, -0.25) is 4.99 Å². The van der Waals surface area contributed by atoms with Crippen LogP contribution in [0.2, 0.25) is 5.02 Å². The van der Waals surface area contributed by atoms with E-state index < -0.39 is 0 Å². The molecule has 0 aliphatic carbocycles. The van der Waals surface area contributed by atoms with Crippen LogP contribution in [0.1, 0.15) is 12.0 Å². The number of hydrogen-bond acceptors (Lipinski definition) is 2. The van der Waals surface area contributed by atoms with E-state index in [1.807, 2.05) is 36.0 Å². The summed E-state index contributed by atoms with van der Waals surface area (Å²) >= 11 is 7.70. The molecule has 3 nitrogen and oxygen atoms in total. The number of guanidine groups is 1. The molecule has 100 valence electrons. The van der Waals surface area contributed by atoms with Crippen molar-refractivity contribution in [2.24, 2.45) is 4.99 Å². The molecule has 0 spiro atoms. The minimum atomic E-state index is 0.749. The van der Waals surface area contributed by atoms with Gasteiger partial charge in [-0.2, -0.15) is 11.8 Å². The molecule has 0 aromatic heterocycles. The molecule has 0 saturated carbocycles. The molecule has 0 saturated heterocycles. The van der Waals surface area contributed by atoms with Gasteiger partial charge in [-0.1, -0.05) is 23.7 Å². The van der Waals surface area contributed by atoms with Crippen molar-refractivity contribution in [3.63, 3.8) is 0 Å². The smallest absolute Gasteiger partial charge is 0.191 e. The molecule has 1 rings (SSSR count). The van der Waals surface area contributed by atoms with Crippen molar-refractivity contribution >= 4 is 29.3 Å². The molecule has 0 unspecified atom stereocenters. The van der Waals surface area contributed by atoms with Gasteiger partial charge < -0.3 is 10.6 Å². The summed E-state index contributed by atoms with van der Waals surface area (Å²) in [5, 5.41) is 7.32. The molecule has 0 aliphatic heterocycles. The molecule has 0 heterocycles. The van der Waals surface area contributed by atoms with E-state index >= 15 is 0 Å². The van der Waals surface area contributed by atoms with Crippen LogP contribution in [-0.2, 0) is 6.54 Å². The Morgan fingerprint density at radius 1 is 1.28 bits per heavy atom. The maximum absolute atomic E-state index is 5.84. The molecule has 2 N–H and O–H groups in total. The van der Waals surface area contributed by atoms with E-state index in [0.29, 0.717) is 0 Å². The highest BCUT2D eigenvalue weighted by atomic mass is 35.5. The number of nitrogens with zero attached hydrogens (tertiary/aromatic N) is 1. The molecule has 0 fully saturated rings. The summed E-state index contributed by atoms with van der Waals surface area (Å²) in [6.45, 7) is 1.69. The molecule has 0 bridgehead atoms. The van der Waals surface area contributed by atoms with E-state index in [0.717, 1.165) is 30.5 Å². The third-order valence-corrected chi connectivity index (χ3v) is 3.36. The van der Waals surface area contributed by atoms with Gasteiger partial charge >= 0.3 is 0 Å². The SMILES string of the molecule is CN=C(NCCCSC)NCc1ccc(Cl)cc1. The summed E-state index contributed by atoms with van der Waals surface area (Å²) in [7, 11) is 1.78. The maximum Gasteiger partial charge on any atom is 0.191 e. The predicted octanol–water partition coefficient (Wildman–Crippen LogP) is 2.76. The Kier molecular flexibility index (Phi) is 7.69. The molecule has 1 aromatic rings. The summed E-state index contributed by atoms with van der Waals surface area (Å²) < 4.78 is 0. The maximum atomic E-state index is 5.84. The van der Waals surface area contributed by atoms with Crippen LogP contribution in [0.5, 0.6) is 0 Å². The van der Waals surface area contributed by atoms with Crippen LogP contribution in [0, 0.1) is 0 Å². The number of aliphatic imine (C=N–C) groups is 1. The summed E-state index contributed by atoms with van der Waals surface area (Å²) in [6, 6.07) is 7.81. The fraction of sp³-hybridized carbons (Fsp3) is 0.462. The standard InChI is InChI=1S/C13H20ClN3S/c1-15-13(16-8-3-9-18-2)17-10-11-4-6-12(14)7-5-11/h4-7H,3,8-10H2,1-2H3,(H2,15,16,17). The second kappa shape index (κ2) is 9.11. The average molecular weight is 286 g/mol. The van der Waals surface area contributed by atoms with Gasteiger partial charge in [-0.15, -0.1) is 0 Å². The zero-order chi connectivity index (χ0) is 13.2. The van der Waals surface area contributed by atoms with Gasteiger partial charge in [0, 0.05) is 25.2 Å². The van der Waals surface area contributed by atoms with Crippen molar-refractivity contribution in [1.82, 2.24) is 10.6 Å². The molecule has 0 amide bonds. The van der Waals surface area contributed by atoms with Crippen LogP contribution in [0.15, 0.2) is 29.3 Å². The van der Waals surface area contributed by atoms with E-state index in [-0.39, 0.29) is 0 Å². The molecule has 18 heavy (non-hydrogen) atoms. The fourth-order valence-corrected chi connectivity index (χ4v) is 1.99. The molecule has 5 heteroatoms. The number of thioether (sulfide) groups is 1. The molecular formula is C13H20ClN3S. The monoisotopic (exact) mass is 285 g/mol. The van der Waals surface area contributed by atoms with Gasteiger partial charge in [0.1, 0.15) is 0 Å². The number of halogens is 1. The van der Waals surface area contributed by atoms with Crippen molar-refractivity contribution in [1.29, 1.82) is 0 Å². The third kappa shape index (κ3) is 6.17. The summed E-state index contributed by atoms with van der Waals surface area (Å²) in [5.74, 6) is 2.01. The molecule has 0 aliphatic rings. The van der Waals surface area contributed by atoms with Gasteiger partial charge in [-0.25, -0.2) is 0 Å². The average Bonchev–Trinajstić information content (AvgIpc) is 2.40. The number of benzene rings is 1. The predicted molar refractivity (Wildman–Crippen MR) is 82.7 cm³/mol. The highest BCUT2D eigenvalue weighted by molar-refractivity contribution is 7.98. The second-order valence-corrected chi connectivity index (χ2v) is 5.25. The summed E-state index contributed by atoms with van der Waals surface area (Å²) in [5.41, 5.74) is 1.19. The lowest BCUT2D eigenvalue weighted by atomic mass is 10.2. The zero-order valence-corrected chi connectivity index (χ0v) is 12.4. The molecular weight excluding hydrogens is 266 g/mol. The van der Waals surface area contributed by atoms with Crippen molar-refractivity contribution in [2.45, 2.75) is 13.0 Å². The first-order valence-electron chi connectivity index (χ1n) is 5.94. The number of rotatable bonds is 6. The third-order valence-electron chi connectivity index (χ3n) is 2.41. The zero-order valence-electron chi connectivity index (χ0n) is 10.9. The van der Waals surface area contributed by atoms with Crippen molar-refractivity contribution in [2.75, 3.05) is 25.6 Å². The van der Waals surface area contributed by atoms with Crippen LogP contribution < -0.4 is 10.6 Å². The minimum Gasteiger partial charge on any atom is -0.356 e.